The molecule has 1 rings (SSSR count). The summed E-state index contributed by atoms with van der Waals surface area (Å²) in [6.45, 7) is 5.94. The Morgan fingerprint density at radius 3 is 2.67 bits per heavy atom. The lowest BCUT2D eigenvalue weighted by Crippen LogP contribution is -2.28. The summed E-state index contributed by atoms with van der Waals surface area (Å²) in [4.78, 5) is 0.242. The van der Waals surface area contributed by atoms with E-state index >= 15 is 0 Å². The Kier molecular flexibility index (Phi) is 4.93. The summed E-state index contributed by atoms with van der Waals surface area (Å²) < 4.78 is 25.8. The molecule has 0 saturated carbocycles. The number of nitrogen functional groups attached to an aromatic ring is 1. The molecule has 0 radical (unpaired) electrons. The quantitative estimate of drug-likeness (QED) is 0.488. The summed E-state index contributed by atoms with van der Waals surface area (Å²) in [6.07, 6.45) is 3.35. The van der Waals surface area contributed by atoms with E-state index in [9.17, 15) is 8.42 Å². The van der Waals surface area contributed by atoms with E-state index in [1.54, 1.807) is 25.3 Å². The third-order valence-electron chi connectivity index (χ3n) is 2.84. The van der Waals surface area contributed by atoms with Crippen molar-refractivity contribution in [2.75, 3.05) is 19.3 Å². The second-order valence-electron chi connectivity index (χ2n) is 4.28. The molecule has 1 aromatic rings. The van der Waals surface area contributed by atoms with E-state index in [1.807, 2.05) is 6.92 Å². The van der Waals surface area contributed by atoms with Gasteiger partial charge in [0.25, 0.3) is 0 Å². The molecular weight excluding hydrogens is 248 g/mol. The van der Waals surface area contributed by atoms with E-state index in [2.05, 4.69) is 6.58 Å². The molecule has 0 amide bonds. The lowest BCUT2D eigenvalue weighted by molar-refractivity contribution is 0.463. The molecule has 0 atom stereocenters. The fourth-order valence-electron chi connectivity index (χ4n) is 1.54. The zero-order valence-electron chi connectivity index (χ0n) is 10.9. The fourth-order valence-corrected chi connectivity index (χ4v) is 2.78. The smallest absolute Gasteiger partial charge is 0.242 e. The molecule has 0 aromatic heterocycles. The van der Waals surface area contributed by atoms with E-state index < -0.39 is 10.0 Å². The minimum atomic E-state index is -3.44. The Balaban J connectivity index is 2.91. The Bertz CT molecular complexity index is 524. The number of sulfonamides is 1. The number of nitrogens with zero attached hydrogens (tertiary/aromatic N) is 1. The summed E-state index contributed by atoms with van der Waals surface area (Å²) in [6, 6.07) is 4.82. The first-order valence-electron chi connectivity index (χ1n) is 5.83. The molecule has 0 aliphatic rings. The van der Waals surface area contributed by atoms with Gasteiger partial charge in [0.2, 0.25) is 10.0 Å². The van der Waals surface area contributed by atoms with Gasteiger partial charge in [0.15, 0.2) is 0 Å². The minimum absolute atomic E-state index is 0.242. The first kappa shape index (κ1) is 14.7. The Morgan fingerprint density at radius 2 is 2.11 bits per heavy atom. The largest absolute Gasteiger partial charge is 0.398 e. The van der Waals surface area contributed by atoms with Crippen molar-refractivity contribution in [3.8, 4) is 0 Å². The van der Waals surface area contributed by atoms with Crippen LogP contribution in [0.15, 0.2) is 35.7 Å². The van der Waals surface area contributed by atoms with Crippen LogP contribution in [0.2, 0.25) is 0 Å². The first-order chi connectivity index (χ1) is 8.39. The number of allylic oxidation sites excluding steroid dienone is 1. The predicted molar refractivity (Wildman–Crippen MR) is 74.8 cm³/mol. The van der Waals surface area contributed by atoms with Gasteiger partial charge in [-0.15, -0.1) is 6.58 Å². The van der Waals surface area contributed by atoms with Gasteiger partial charge in [-0.05, 0) is 37.5 Å². The van der Waals surface area contributed by atoms with Gasteiger partial charge in [-0.25, -0.2) is 12.7 Å². The fraction of sp³-hybridized carbons (Fsp3) is 0.385. The van der Waals surface area contributed by atoms with Crippen LogP contribution in [0.1, 0.15) is 18.4 Å². The van der Waals surface area contributed by atoms with Crippen molar-refractivity contribution in [2.45, 2.75) is 24.7 Å². The molecule has 0 spiro atoms. The van der Waals surface area contributed by atoms with Gasteiger partial charge in [0, 0.05) is 19.3 Å². The summed E-state index contributed by atoms with van der Waals surface area (Å²) in [5.41, 5.74) is 7.12. The van der Waals surface area contributed by atoms with Gasteiger partial charge < -0.3 is 5.73 Å². The average Bonchev–Trinajstić information content (AvgIpc) is 2.32. The molecule has 0 unspecified atom stereocenters. The standard InChI is InChI=1S/C13H20N2O2S/c1-4-5-6-9-15(3)18(16,17)12-8-7-11(2)13(14)10-12/h4,7-8,10H,1,5-6,9,14H2,2-3H3. The molecule has 0 aliphatic heterocycles. The van der Waals surface area contributed by atoms with Crippen LogP contribution in [-0.2, 0) is 10.0 Å². The van der Waals surface area contributed by atoms with Crippen molar-refractivity contribution >= 4 is 15.7 Å². The maximum Gasteiger partial charge on any atom is 0.242 e. The minimum Gasteiger partial charge on any atom is -0.398 e. The van der Waals surface area contributed by atoms with E-state index in [1.165, 1.54) is 10.4 Å². The number of hydrogen-bond donors (Lipinski definition) is 1. The molecule has 4 nitrogen and oxygen atoms in total. The molecule has 5 heteroatoms. The second kappa shape index (κ2) is 6.02. The van der Waals surface area contributed by atoms with Crippen LogP contribution in [0.3, 0.4) is 0 Å². The van der Waals surface area contributed by atoms with Crippen LogP contribution in [0.5, 0.6) is 0 Å². The van der Waals surface area contributed by atoms with E-state index in [-0.39, 0.29) is 4.90 Å². The summed E-state index contributed by atoms with van der Waals surface area (Å²) >= 11 is 0. The predicted octanol–water partition coefficient (Wildman–Crippen LogP) is 2.16. The third-order valence-corrected chi connectivity index (χ3v) is 4.69. The van der Waals surface area contributed by atoms with E-state index in [0.29, 0.717) is 12.2 Å². The molecule has 18 heavy (non-hydrogen) atoms. The van der Waals surface area contributed by atoms with Gasteiger partial charge in [0.1, 0.15) is 0 Å². The average molecular weight is 268 g/mol. The van der Waals surface area contributed by atoms with Crippen molar-refractivity contribution in [1.82, 2.24) is 4.31 Å². The summed E-state index contributed by atoms with van der Waals surface area (Å²) in [5.74, 6) is 0. The Hall–Kier alpha value is -1.33. The normalized spacial score (nSPS) is 11.7. The monoisotopic (exact) mass is 268 g/mol. The topological polar surface area (TPSA) is 63.4 Å². The zero-order chi connectivity index (χ0) is 13.8. The summed E-state index contributed by atoms with van der Waals surface area (Å²) in [5, 5.41) is 0. The zero-order valence-corrected chi connectivity index (χ0v) is 11.7. The maximum absolute atomic E-state index is 12.2. The van der Waals surface area contributed by atoms with E-state index in [4.69, 9.17) is 5.73 Å². The molecule has 0 heterocycles. The van der Waals surface area contributed by atoms with Crippen molar-refractivity contribution in [3.63, 3.8) is 0 Å². The van der Waals surface area contributed by atoms with Gasteiger partial charge in [0.05, 0.1) is 4.90 Å². The number of anilines is 1. The van der Waals surface area contributed by atoms with Crippen molar-refractivity contribution in [1.29, 1.82) is 0 Å². The first-order valence-corrected chi connectivity index (χ1v) is 7.27. The number of unbranched alkanes of at least 4 members (excludes halogenated alkanes) is 1. The van der Waals surface area contributed by atoms with Crippen molar-refractivity contribution in [2.24, 2.45) is 0 Å². The lowest BCUT2D eigenvalue weighted by atomic mass is 10.2. The van der Waals surface area contributed by atoms with Crippen LogP contribution in [0, 0.1) is 6.92 Å². The second-order valence-corrected chi connectivity index (χ2v) is 6.32. The highest BCUT2D eigenvalue weighted by Crippen LogP contribution is 2.20. The van der Waals surface area contributed by atoms with E-state index in [0.717, 1.165) is 18.4 Å². The Morgan fingerprint density at radius 1 is 1.44 bits per heavy atom. The van der Waals surface area contributed by atoms with Gasteiger partial charge in [-0.3, -0.25) is 0 Å². The Labute approximate surface area is 109 Å². The van der Waals surface area contributed by atoms with Gasteiger partial charge in [-0.2, -0.15) is 0 Å². The van der Waals surface area contributed by atoms with Crippen molar-refractivity contribution < 1.29 is 8.42 Å². The molecule has 0 saturated heterocycles. The highest BCUT2D eigenvalue weighted by atomic mass is 32.2. The van der Waals surface area contributed by atoms with Crippen molar-refractivity contribution in [3.05, 3.63) is 36.4 Å². The molecule has 1 aromatic carbocycles. The van der Waals surface area contributed by atoms with Gasteiger partial charge in [-0.1, -0.05) is 12.1 Å². The molecule has 0 bridgehead atoms. The SMILES string of the molecule is C=CCCCN(C)S(=O)(=O)c1ccc(C)c(N)c1. The third kappa shape index (κ3) is 3.34. The molecule has 0 fully saturated rings. The highest BCUT2D eigenvalue weighted by molar-refractivity contribution is 7.89. The summed E-state index contributed by atoms with van der Waals surface area (Å²) in [7, 11) is -1.86. The van der Waals surface area contributed by atoms with Crippen LogP contribution in [0.4, 0.5) is 5.69 Å². The molecule has 100 valence electrons. The molecular formula is C13H20N2O2S. The van der Waals surface area contributed by atoms with Crippen LogP contribution < -0.4 is 5.73 Å². The molecule has 0 aliphatic carbocycles. The molecule has 2 N–H and O–H groups in total. The van der Waals surface area contributed by atoms with Crippen LogP contribution in [-0.4, -0.2) is 26.3 Å². The number of hydrogen-bond acceptors (Lipinski definition) is 3. The number of nitrogens with two attached hydrogens (primary N) is 1. The number of benzene rings is 1. The maximum atomic E-state index is 12.2. The van der Waals surface area contributed by atoms with Crippen LogP contribution >= 0.6 is 0 Å². The van der Waals surface area contributed by atoms with Crippen LogP contribution in [0.25, 0.3) is 0 Å². The number of aryl methyl sites for hydroxylation is 1. The highest BCUT2D eigenvalue weighted by Gasteiger charge is 2.20. The number of rotatable bonds is 6. The lowest BCUT2D eigenvalue weighted by Gasteiger charge is -2.17. The van der Waals surface area contributed by atoms with Gasteiger partial charge >= 0.3 is 0 Å².